The van der Waals surface area contributed by atoms with E-state index in [0.29, 0.717) is 22.0 Å². The maximum absolute atomic E-state index is 12.5. The van der Waals surface area contributed by atoms with E-state index < -0.39 is 11.9 Å². The Hall–Kier alpha value is -3.53. The Morgan fingerprint density at radius 3 is 2.39 bits per heavy atom. The van der Waals surface area contributed by atoms with E-state index in [1.54, 1.807) is 30.3 Å². The molecule has 2 N–H and O–H groups in total. The van der Waals surface area contributed by atoms with Crippen LogP contribution in [0.5, 0.6) is 0 Å². The minimum atomic E-state index is -1.12. The molecule has 3 rings (SSSR count). The average molecular weight is 454 g/mol. The highest BCUT2D eigenvalue weighted by Gasteiger charge is 2.16. The molecule has 3 aromatic rings. The summed E-state index contributed by atoms with van der Waals surface area (Å²) in [7, 11) is 0. The number of nitrogens with zero attached hydrogens (tertiary/aromatic N) is 2. The van der Waals surface area contributed by atoms with E-state index in [4.69, 9.17) is 23.2 Å². The zero-order chi connectivity index (χ0) is 22.7. The molecular formula is C23H17Cl2N3O3. The highest BCUT2D eigenvalue weighted by atomic mass is 35.5. The standard InChI is InChI=1S/C23H17Cl2N3O3/c1-13-9-15(10-16(12-26)22(29)27-18-5-3-17(24)4-6-18)14(2)28(13)19-7-8-21(25)20(11-19)23(30)31/h3-11H,1-2H3,(H,27,29)(H,30,31). The maximum Gasteiger partial charge on any atom is 0.337 e. The Balaban J connectivity index is 1.97. The fraction of sp³-hybridized carbons (Fsp3) is 0.0870. The fourth-order valence-corrected chi connectivity index (χ4v) is 3.51. The lowest BCUT2D eigenvalue weighted by Crippen LogP contribution is -2.13. The van der Waals surface area contributed by atoms with Gasteiger partial charge in [-0.1, -0.05) is 23.2 Å². The van der Waals surface area contributed by atoms with E-state index in [0.717, 1.165) is 11.4 Å². The molecule has 156 valence electrons. The van der Waals surface area contributed by atoms with Gasteiger partial charge in [-0.25, -0.2) is 4.79 Å². The van der Waals surface area contributed by atoms with Gasteiger partial charge in [0.2, 0.25) is 0 Å². The third kappa shape index (κ3) is 4.80. The number of nitrogens with one attached hydrogen (secondary N) is 1. The van der Waals surface area contributed by atoms with Gasteiger partial charge >= 0.3 is 5.97 Å². The molecule has 0 aliphatic carbocycles. The van der Waals surface area contributed by atoms with Crippen molar-refractivity contribution >= 4 is 46.8 Å². The number of hydrogen-bond acceptors (Lipinski definition) is 3. The van der Waals surface area contributed by atoms with Gasteiger partial charge in [-0.15, -0.1) is 0 Å². The first-order valence-corrected chi connectivity index (χ1v) is 9.87. The summed E-state index contributed by atoms with van der Waals surface area (Å²) in [6.07, 6.45) is 1.50. The first kappa shape index (κ1) is 22.2. The predicted octanol–water partition coefficient (Wildman–Crippen LogP) is 5.64. The van der Waals surface area contributed by atoms with Crippen molar-refractivity contribution < 1.29 is 14.7 Å². The first-order valence-electron chi connectivity index (χ1n) is 9.12. The number of carboxylic acids is 1. The fourth-order valence-electron chi connectivity index (χ4n) is 3.18. The number of rotatable bonds is 5. The zero-order valence-electron chi connectivity index (χ0n) is 16.6. The third-order valence-electron chi connectivity index (χ3n) is 4.68. The Morgan fingerprint density at radius 1 is 1.10 bits per heavy atom. The number of aryl methyl sites for hydroxylation is 1. The van der Waals surface area contributed by atoms with Gasteiger partial charge in [0.1, 0.15) is 11.6 Å². The third-order valence-corrected chi connectivity index (χ3v) is 5.26. The first-order chi connectivity index (χ1) is 14.7. The topological polar surface area (TPSA) is 95.1 Å². The Kier molecular flexibility index (Phi) is 6.50. The van der Waals surface area contributed by atoms with Crippen LogP contribution in [0.3, 0.4) is 0 Å². The molecule has 0 bridgehead atoms. The number of nitriles is 1. The number of carbonyl (C=O) groups is 2. The largest absolute Gasteiger partial charge is 0.478 e. The Morgan fingerprint density at radius 2 is 1.77 bits per heavy atom. The lowest BCUT2D eigenvalue weighted by molar-refractivity contribution is -0.112. The second-order valence-electron chi connectivity index (χ2n) is 6.76. The molecule has 0 aliphatic heterocycles. The summed E-state index contributed by atoms with van der Waals surface area (Å²) in [6, 6.07) is 15.0. The summed E-state index contributed by atoms with van der Waals surface area (Å²) in [5.41, 5.74) is 3.25. The van der Waals surface area contributed by atoms with Crippen LogP contribution in [0.4, 0.5) is 5.69 Å². The molecule has 1 amide bonds. The zero-order valence-corrected chi connectivity index (χ0v) is 18.1. The van der Waals surface area contributed by atoms with Crippen LogP contribution in [0.15, 0.2) is 54.1 Å². The summed E-state index contributed by atoms with van der Waals surface area (Å²) >= 11 is 11.8. The summed E-state index contributed by atoms with van der Waals surface area (Å²) in [6.45, 7) is 3.67. The van der Waals surface area contributed by atoms with E-state index in [2.05, 4.69) is 5.32 Å². The van der Waals surface area contributed by atoms with Crippen molar-refractivity contribution in [1.82, 2.24) is 4.57 Å². The van der Waals surface area contributed by atoms with Crippen molar-refractivity contribution in [2.45, 2.75) is 13.8 Å². The molecule has 2 aromatic carbocycles. The molecule has 0 saturated carbocycles. The molecule has 0 unspecified atom stereocenters. The van der Waals surface area contributed by atoms with Gasteiger partial charge < -0.3 is 15.0 Å². The number of anilines is 1. The van der Waals surface area contributed by atoms with Crippen molar-refractivity contribution in [2.24, 2.45) is 0 Å². The SMILES string of the molecule is Cc1cc(C=C(C#N)C(=O)Nc2ccc(Cl)cc2)c(C)n1-c1ccc(Cl)c(C(=O)O)c1. The van der Waals surface area contributed by atoms with Crippen LogP contribution in [0, 0.1) is 25.2 Å². The summed E-state index contributed by atoms with van der Waals surface area (Å²) in [4.78, 5) is 24.0. The van der Waals surface area contributed by atoms with Gasteiger partial charge in [-0.3, -0.25) is 4.79 Å². The van der Waals surface area contributed by atoms with E-state index >= 15 is 0 Å². The lowest BCUT2D eigenvalue weighted by Gasteiger charge is -2.11. The molecule has 0 fully saturated rings. The smallest absolute Gasteiger partial charge is 0.337 e. The van der Waals surface area contributed by atoms with Crippen molar-refractivity contribution in [3.63, 3.8) is 0 Å². The monoisotopic (exact) mass is 453 g/mol. The van der Waals surface area contributed by atoms with Gasteiger partial charge in [0, 0.05) is 27.8 Å². The van der Waals surface area contributed by atoms with Crippen molar-refractivity contribution in [3.8, 4) is 11.8 Å². The molecule has 1 heterocycles. The average Bonchev–Trinajstić information content (AvgIpc) is 3.01. The lowest BCUT2D eigenvalue weighted by atomic mass is 10.1. The number of aromatic carboxylic acids is 1. The van der Waals surface area contributed by atoms with E-state index in [9.17, 15) is 20.0 Å². The molecule has 8 heteroatoms. The predicted molar refractivity (Wildman–Crippen MR) is 121 cm³/mol. The minimum absolute atomic E-state index is 0.0104. The van der Waals surface area contributed by atoms with E-state index in [1.165, 1.54) is 18.2 Å². The molecule has 0 saturated heterocycles. The van der Waals surface area contributed by atoms with Crippen LogP contribution in [0.2, 0.25) is 10.0 Å². The molecule has 0 aliphatic rings. The normalized spacial score (nSPS) is 11.1. The number of carbonyl (C=O) groups excluding carboxylic acids is 1. The number of aromatic nitrogens is 1. The Labute approximate surface area is 188 Å². The van der Waals surface area contributed by atoms with Gasteiger partial charge in [-0.05, 0) is 74.0 Å². The number of halogens is 2. The highest BCUT2D eigenvalue weighted by Crippen LogP contribution is 2.26. The van der Waals surface area contributed by atoms with Gasteiger partial charge in [0.05, 0.1) is 10.6 Å². The van der Waals surface area contributed by atoms with Crippen molar-refractivity contribution in [1.29, 1.82) is 5.26 Å². The van der Waals surface area contributed by atoms with Gasteiger partial charge in [0.25, 0.3) is 5.91 Å². The van der Waals surface area contributed by atoms with E-state index in [1.807, 2.05) is 30.6 Å². The summed E-state index contributed by atoms with van der Waals surface area (Å²) < 4.78 is 1.83. The molecule has 0 atom stereocenters. The number of benzene rings is 2. The summed E-state index contributed by atoms with van der Waals surface area (Å²) in [5.74, 6) is -1.67. The van der Waals surface area contributed by atoms with Gasteiger partial charge in [0.15, 0.2) is 0 Å². The second kappa shape index (κ2) is 9.09. The highest BCUT2D eigenvalue weighted by molar-refractivity contribution is 6.33. The molecule has 0 radical (unpaired) electrons. The number of amides is 1. The second-order valence-corrected chi connectivity index (χ2v) is 7.61. The number of hydrogen-bond donors (Lipinski definition) is 2. The van der Waals surface area contributed by atoms with Crippen LogP contribution in [0.25, 0.3) is 11.8 Å². The minimum Gasteiger partial charge on any atom is -0.478 e. The van der Waals surface area contributed by atoms with E-state index in [-0.39, 0.29) is 16.2 Å². The van der Waals surface area contributed by atoms with Crippen LogP contribution in [-0.2, 0) is 4.79 Å². The summed E-state index contributed by atoms with van der Waals surface area (Å²) in [5, 5.41) is 22.2. The van der Waals surface area contributed by atoms with Crippen LogP contribution in [-0.4, -0.2) is 21.6 Å². The van der Waals surface area contributed by atoms with Gasteiger partial charge in [-0.2, -0.15) is 5.26 Å². The van der Waals surface area contributed by atoms with Crippen LogP contribution >= 0.6 is 23.2 Å². The maximum atomic E-state index is 12.5. The van der Waals surface area contributed by atoms with Crippen LogP contribution < -0.4 is 5.32 Å². The van der Waals surface area contributed by atoms with Crippen molar-refractivity contribution in [2.75, 3.05) is 5.32 Å². The molecular weight excluding hydrogens is 437 g/mol. The molecule has 31 heavy (non-hydrogen) atoms. The molecule has 1 aromatic heterocycles. The van der Waals surface area contributed by atoms with Crippen molar-refractivity contribution in [3.05, 3.63) is 86.7 Å². The van der Waals surface area contributed by atoms with Crippen LogP contribution in [0.1, 0.15) is 27.3 Å². The number of carboxylic acid groups (broad SMARTS) is 1. The Bertz CT molecular complexity index is 1250. The molecule has 0 spiro atoms. The molecule has 6 nitrogen and oxygen atoms in total. The quantitative estimate of drug-likeness (QED) is 0.385.